The van der Waals surface area contributed by atoms with Crippen LogP contribution in [0.2, 0.25) is 0 Å². The Bertz CT molecular complexity index is 1130. The molecular weight excluding hydrogens is 623 g/mol. The summed E-state index contributed by atoms with van der Waals surface area (Å²) in [5.74, 6) is -2.37. The van der Waals surface area contributed by atoms with Crippen molar-refractivity contribution in [3.63, 3.8) is 0 Å². The normalized spacial score (nSPS) is 18.1. The number of carboxylic acids is 1. The number of anilines is 1. The van der Waals surface area contributed by atoms with E-state index in [1.807, 2.05) is 6.92 Å². The number of carboxylic acid groups (broad SMARTS) is 1. The Morgan fingerprint density at radius 2 is 1.85 bits per heavy atom. The molecule has 1 atom stereocenters. The topological polar surface area (TPSA) is 112 Å². The maximum atomic E-state index is 14.8. The number of phenols is 1. The molecular formula is C20H26Cl3FN3O5RhS. The number of aromatic carboxylic acids is 1. The number of nitrogens with zero attached hydrogens (tertiary/aromatic N) is 2. The quantitative estimate of drug-likeness (QED) is 0.435. The van der Waals surface area contributed by atoms with Gasteiger partial charge in [0.1, 0.15) is 11.3 Å². The number of rotatable bonds is 3. The van der Waals surface area contributed by atoms with Crippen molar-refractivity contribution in [1.82, 2.24) is 9.88 Å². The van der Waals surface area contributed by atoms with Crippen LogP contribution in [0.5, 0.6) is 5.75 Å². The van der Waals surface area contributed by atoms with Gasteiger partial charge >= 0.3 is 48.0 Å². The van der Waals surface area contributed by atoms with Crippen molar-refractivity contribution in [2.45, 2.75) is 31.8 Å². The summed E-state index contributed by atoms with van der Waals surface area (Å²) in [5, 5.41) is 23.3. The Balaban J connectivity index is 0.000000446. The molecule has 1 aromatic carbocycles. The van der Waals surface area contributed by atoms with Gasteiger partial charge in [-0.2, -0.15) is 0 Å². The molecule has 14 heteroatoms. The van der Waals surface area contributed by atoms with Crippen molar-refractivity contribution in [3.8, 4) is 5.75 Å². The summed E-state index contributed by atoms with van der Waals surface area (Å²) in [5.41, 5.74) is -0.904. The van der Waals surface area contributed by atoms with Gasteiger partial charge in [-0.25, -0.2) is 9.18 Å². The molecule has 34 heavy (non-hydrogen) atoms. The van der Waals surface area contributed by atoms with Crippen LogP contribution in [-0.4, -0.2) is 63.1 Å². The van der Waals surface area contributed by atoms with Crippen molar-refractivity contribution in [2.75, 3.05) is 37.0 Å². The van der Waals surface area contributed by atoms with Crippen LogP contribution in [0.15, 0.2) is 17.1 Å². The average Bonchev–Trinajstić information content (AvgIpc) is 3.53. The third-order valence-electron chi connectivity index (χ3n) is 5.07. The zero-order valence-electron chi connectivity index (χ0n) is 18.6. The Morgan fingerprint density at radius 1 is 1.29 bits per heavy atom. The van der Waals surface area contributed by atoms with E-state index in [2.05, 4.69) is 5.32 Å². The summed E-state index contributed by atoms with van der Waals surface area (Å²) < 4.78 is 26.0. The van der Waals surface area contributed by atoms with Crippen LogP contribution in [-0.2, 0) is 23.8 Å². The van der Waals surface area contributed by atoms with Crippen LogP contribution < -0.4 is 15.6 Å². The summed E-state index contributed by atoms with van der Waals surface area (Å²) in [4.78, 5) is 25.7. The molecule has 1 aliphatic heterocycles. The predicted octanol–water partition coefficient (Wildman–Crippen LogP) is 3.74. The fraction of sp³-hybridized carbons (Fsp3) is 0.500. The monoisotopic (exact) mass is 647 g/mol. The first-order chi connectivity index (χ1) is 15.8. The fourth-order valence-electron chi connectivity index (χ4n) is 3.69. The van der Waals surface area contributed by atoms with E-state index in [1.165, 1.54) is 6.20 Å². The zero-order valence-corrected chi connectivity index (χ0v) is 23.3. The van der Waals surface area contributed by atoms with E-state index >= 15 is 0 Å². The average molecular weight is 649 g/mol. The molecule has 4 rings (SSSR count). The minimum absolute atomic E-state index is 0.0161. The minimum atomic E-state index is -1.66. The van der Waals surface area contributed by atoms with Gasteiger partial charge in [-0.15, -0.1) is 0 Å². The van der Waals surface area contributed by atoms with Gasteiger partial charge in [0.05, 0.1) is 10.9 Å². The number of fused-ring (bicyclic) bond motifs is 1. The molecule has 2 heterocycles. The fourth-order valence-corrected chi connectivity index (χ4v) is 3.69. The molecule has 1 aromatic heterocycles. The summed E-state index contributed by atoms with van der Waals surface area (Å²) in [6.45, 7) is 3.69. The number of halogens is 4. The van der Waals surface area contributed by atoms with E-state index in [-0.39, 0.29) is 34.4 Å². The SMILES string of the molecule is CC1CN(c2c(F)cc3c(=O)c(C(=O)O)cn(C4CC4)c3c2O)CCN1.CS(C)=O.[Cl][Rh]([Cl])[Cl]. The van der Waals surface area contributed by atoms with Crippen molar-refractivity contribution in [3.05, 3.63) is 33.9 Å². The molecule has 1 aliphatic carbocycles. The van der Waals surface area contributed by atoms with Gasteiger partial charge in [0.15, 0.2) is 11.6 Å². The molecule has 1 saturated carbocycles. The molecule has 0 spiro atoms. The first-order valence-electron chi connectivity index (χ1n) is 10.1. The Labute approximate surface area is 216 Å². The van der Waals surface area contributed by atoms with Gasteiger partial charge in [-0.3, -0.25) is 9.00 Å². The number of nitrogens with one attached hydrogen (secondary N) is 1. The van der Waals surface area contributed by atoms with E-state index < -0.39 is 46.6 Å². The van der Waals surface area contributed by atoms with E-state index in [1.54, 1.807) is 22.0 Å². The van der Waals surface area contributed by atoms with Gasteiger partial charge in [0, 0.05) is 61.2 Å². The van der Waals surface area contributed by atoms with E-state index in [9.17, 15) is 28.4 Å². The number of hydrogen-bond acceptors (Lipinski definition) is 6. The van der Waals surface area contributed by atoms with Crippen LogP contribution in [0.1, 0.15) is 36.2 Å². The van der Waals surface area contributed by atoms with Crippen LogP contribution in [0.4, 0.5) is 10.1 Å². The third-order valence-corrected chi connectivity index (χ3v) is 5.07. The molecule has 0 bridgehead atoms. The Morgan fingerprint density at radius 3 is 2.32 bits per heavy atom. The van der Waals surface area contributed by atoms with Gasteiger partial charge in [-0.1, -0.05) is 0 Å². The number of benzene rings is 1. The molecule has 2 aromatic rings. The molecule has 0 amide bonds. The summed E-state index contributed by atoms with van der Waals surface area (Å²) in [6.07, 6.45) is 6.20. The first-order valence-corrected chi connectivity index (χ1v) is 18.4. The summed E-state index contributed by atoms with van der Waals surface area (Å²) >= 11 is -1.66. The number of hydrogen-bond donors (Lipinski definition) is 3. The predicted molar refractivity (Wildman–Crippen MR) is 132 cm³/mol. The second-order valence-electron chi connectivity index (χ2n) is 7.95. The summed E-state index contributed by atoms with van der Waals surface area (Å²) in [7, 11) is 14.2. The number of aromatic nitrogens is 1. The molecule has 0 radical (unpaired) electrons. The van der Waals surface area contributed by atoms with E-state index in [4.69, 9.17) is 29.1 Å². The Kier molecular flexibility index (Phi) is 11.0. The molecule has 1 saturated heterocycles. The van der Waals surface area contributed by atoms with Crippen molar-refractivity contribution in [1.29, 1.82) is 0 Å². The second-order valence-corrected chi connectivity index (χ2v) is 16.9. The maximum absolute atomic E-state index is 14.8. The zero-order chi connectivity index (χ0) is 25.7. The van der Waals surface area contributed by atoms with Crippen molar-refractivity contribution in [2.24, 2.45) is 0 Å². The van der Waals surface area contributed by atoms with Crippen LogP contribution in [0.25, 0.3) is 10.9 Å². The number of piperazine rings is 1. The number of phenolic OH excluding ortho intramolecular Hbond substituents is 1. The summed E-state index contributed by atoms with van der Waals surface area (Å²) in [6, 6.07) is 1.21. The van der Waals surface area contributed by atoms with Crippen molar-refractivity contribution < 1.29 is 36.6 Å². The van der Waals surface area contributed by atoms with Gasteiger partial charge in [0.25, 0.3) is 0 Å². The second kappa shape index (κ2) is 12.8. The van der Waals surface area contributed by atoms with E-state index in [0.29, 0.717) is 19.6 Å². The van der Waals surface area contributed by atoms with Gasteiger partial charge in [0.2, 0.25) is 5.43 Å². The van der Waals surface area contributed by atoms with Crippen LogP contribution >= 0.6 is 29.1 Å². The standard InChI is InChI=1S/C18H20FN3O4.C2H6OS.3ClH.Rh/c1-9-7-21(5-4-20-9)15-13(19)6-11-14(17(15)24)22(10-2-3-10)8-12(16(11)23)18(25)26;1-4(2)3;;;;/h6,8-10,20,24H,2-5,7H2,1H3,(H,25,26);1-2H3;3*1H;/q;;;;;+3/p-3. The van der Waals surface area contributed by atoms with Gasteiger partial charge in [-0.05, 0) is 25.8 Å². The Hall–Kier alpha value is -0.967. The van der Waals surface area contributed by atoms with Crippen LogP contribution in [0.3, 0.4) is 0 Å². The number of carbonyl (C=O) groups is 1. The molecule has 2 fully saturated rings. The van der Waals surface area contributed by atoms with Gasteiger partial charge < -0.3 is 25.0 Å². The third kappa shape index (κ3) is 7.77. The molecule has 1 unspecified atom stereocenters. The number of pyridine rings is 1. The molecule has 3 N–H and O–H groups in total. The van der Waals surface area contributed by atoms with Crippen LogP contribution in [0, 0.1) is 5.82 Å². The number of aromatic hydroxyl groups is 1. The molecule has 2 aliphatic rings. The first kappa shape index (κ1) is 29.3. The van der Waals surface area contributed by atoms with Crippen molar-refractivity contribution >= 4 is 62.4 Å². The molecule has 8 nitrogen and oxygen atoms in total. The molecule has 194 valence electrons. The van der Waals surface area contributed by atoms with E-state index in [0.717, 1.165) is 18.9 Å².